The van der Waals surface area contributed by atoms with Gasteiger partial charge in [0.1, 0.15) is 6.07 Å². The van der Waals surface area contributed by atoms with Gasteiger partial charge < -0.3 is 4.74 Å². The van der Waals surface area contributed by atoms with Crippen LogP contribution in [0.4, 0.5) is 0 Å². The van der Waals surface area contributed by atoms with Crippen molar-refractivity contribution in [2.24, 2.45) is 0 Å². The zero-order chi connectivity index (χ0) is 13.1. The van der Waals surface area contributed by atoms with Gasteiger partial charge in [-0.1, -0.05) is 6.07 Å². The third-order valence-corrected chi connectivity index (χ3v) is 3.07. The molecule has 0 unspecified atom stereocenters. The van der Waals surface area contributed by atoms with E-state index in [0.29, 0.717) is 0 Å². The molecule has 17 heavy (non-hydrogen) atoms. The molecule has 0 aliphatic heterocycles. The molecule has 0 aliphatic carbocycles. The summed E-state index contributed by atoms with van der Waals surface area (Å²) in [7, 11) is -3.37. The molecule has 0 aromatic heterocycles. The normalized spacial score (nSPS) is 12.5. The van der Waals surface area contributed by atoms with Gasteiger partial charge in [-0.15, -0.1) is 0 Å². The fourth-order valence-corrected chi connectivity index (χ4v) is 1.78. The SMILES string of the molecule is C[C@@H](C#N)OC(=O)c1cccc(S(C)(=O)=O)c1. The van der Waals surface area contributed by atoms with Gasteiger partial charge in [-0.3, -0.25) is 0 Å². The Labute approximate surface area is 99.5 Å². The van der Waals surface area contributed by atoms with Gasteiger partial charge in [0.15, 0.2) is 15.9 Å². The highest BCUT2D eigenvalue weighted by Gasteiger charge is 2.14. The first-order valence-corrected chi connectivity index (χ1v) is 6.64. The molecule has 0 aliphatic rings. The summed E-state index contributed by atoms with van der Waals surface area (Å²) in [5, 5.41) is 8.49. The van der Waals surface area contributed by atoms with Crippen LogP contribution in [0.5, 0.6) is 0 Å². The molecule has 90 valence electrons. The Morgan fingerprint density at radius 1 is 1.47 bits per heavy atom. The van der Waals surface area contributed by atoms with Crippen molar-refractivity contribution in [3.05, 3.63) is 29.8 Å². The zero-order valence-electron chi connectivity index (χ0n) is 9.38. The number of carbonyl (C=O) groups is 1. The van der Waals surface area contributed by atoms with Crippen LogP contribution in [0.3, 0.4) is 0 Å². The molecule has 1 aromatic rings. The number of sulfone groups is 1. The average Bonchev–Trinajstić information content (AvgIpc) is 2.28. The van der Waals surface area contributed by atoms with Crippen LogP contribution >= 0.6 is 0 Å². The van der Waals surface area contributed by atoms with E-state index in [-0.39, 0.29) is 10.5 Å². The lowest BCUT2D eigenvalue weighted by molar-refractivity contribution is 0.0435. The summed E-state index contributed by atoms with van der Waals surface area (Å²) in [4.78, 5) is 11.6. The van der Waals surface area contributed by atoms with Crippen molar-refractivity contribution < 1.29 is 17.9 Å². The maximum Gasteiger partial charge on any atom is 0.339 e. The van der Waals surface area contributed by atoms with E-state index in [2.05, 4.69) is 0 Å². The Bertz CT molecular complexity index is 571. The number of hydrogen-bond donors (Lipinski definition) is 0. The van der Waals surface area contributed by atoms with Crippen molar-refractivity contribution in [2.75, 3.05) is 6.26 Å². The first-order valence-electron chi connectivity index (χ1n) is 4.75. The number of carbonyl (C=O) groups excluding carboxylic acids is 1. The summed E-state index contributed by atoms with van der Waals surface area (Å²) in [5.41, 5.74) is 0.107. The van der Waals surface area contributed by atoms with Crippen molar-refractivity contribution in [2.45, 2.75) is 17.9 Å². The standard InChI is InChI=1S/C11H11NO4S/c1-8(7-12)16-11(13)9-4-3-5-10(6-9)17(2,14)15/h3-6,8H,1-2H3/t8-/m0/s1. The second-order valence-electron chi connectivity index (χ2n) is 3.48. The van der Waals surface area contributed by atoms with Crippen molar-refractivity contribution in [1.29, 1.82) is 5.26 Å². The lowest BCUT2D eigenvalue weighted by Crippen LogP contribution is -2.13. The summed E-state index contributed by atoms with van der Waals surface area (Å²) in [6.07, 6.45) is 0.180. The topological polar surface area (TPSA) is 84.2 Å². The van der Waals surface area contributed by atoms with Crippen molar-refractivity contribution in [1.82, 2.24) is 0 Å². The van der Waals surface area contributed by atoms with Crippen molar-refractivity contribution >= 4 is 15.8 Å². The van der Waals surface area contributed by atoms with Gasteiger partial charge in [0.05, 0.1) is 10.5 Å². The van der Waals surface area contributed by atoms with Crippen LogP contribution in [-0.4, -0.2) is 26.7 Å². The average molecular weight is 253 g/mol. The van der Waals surface area contributed by atoms with Crippen LogP contribution in [0.2, 0.25) is 0 Å². The number of nitriles is 1. The van der Waals surface area contributed by atoms with Crippen molar-refractivity contribution in [3.8, 4) is 6.07 Å². The maximum absolute atomic E-state index is 11.5. The first kappa shape index (κ1) is 13.2. The van der Waals surface area contributed by atoms with Crippen molar-refractivity contribution in [3.63, 3.8) is 0 Å². The van der Waals surface area contributed by atoms with Crippen LogP contribution in [0, 0.1) is 11.3 Å². The predicted octanol–water partition coefficient (Wildman–Crippen LogP) is 1.16. The van der Waals surface area contributed by atoms with E-state index < -0.39 is 21.9 Å². The molecule has 0 spiro atoms. The number of nitrogens with zero attached hydrogens (tertiary/aromatic N) is 1. The summed E-state index contributed by atoms with van der Waals surface area (Å²) < 4.78 is 27.3. The molecular formula is C11H11NO4S. The van der Waals surface area contributed by atoms with Gasteiger partial charge >= 0.3 is 5.97 Å². The molecule has 0 bridgehead atoms. The highest BCUT2D eigenvalue weighted by molar-refractivity contribution is 7.90. The summed E-state index contributed by atoms with van der Waals surface area (Å²) >= 11 is 0. The minimum atomic E-state index is -3.37. The number of hydrogen-bond acceptors (Lipinski definition) is 5. The van der Waals surface area contributed by atoms with E-state index in [1.54, 1.807) is 6.07 Å². The Kier molecular flexibility index (Phi) is 3.86. The molecule has 1 rings (SSSR count). The number of esters is 1. The third-order valence-electron chi connectivity index (χ3n) is 1.96. The molecular weight excluding hydrogens is 242 g/mol. The van der Waals surface area contributed by atoms with Gasteiger partial charge in [-0.2, -0.15) is 5.26 Å². The van der Waals surface area contributed by atoms with E-state index in [1.165, 1.54) is 31.2 Å². The maximum atomic E-state index is 11.5. The lowest BCUT2D eigenvalue weighted by Gasteiger charge is -2.06. The highest BCUT2D eigenvalue weighted by atomic mass is 32.2. The molecule has 1 aromatic carbocycles. The second kappa shape index (κ2) is 4.97. The molecule has 5 nitrogen and oxygen atoms in total. The molecule has 0 heterocycles. The predicted molar refractivity (Wildman–Crippen MR) is 60.0 cm³/mol. The van der Waals surface area contributed by atoms with E-state index in [1.807, 2.05) is 0 Å². The second-order valence-corrected chi connectivity index (χ2v) is 5.49. The van der Waals surface area contributed by atoms with E-state index in [4.69, 9.17) is 10.00 Å². The van der Waals surface area contributed by atoms with Crippen LogP contribution in [0.1, 0.15) is 17.3 Å². The number of ether oxygens (including phenoxy) is 1. The molecule has 0 saturated carbocycles. The Balaban J connectivity index is 3.02. The molecule has 0 fully saturated rings. The summed E-state index contributed by atoms with van der Waals surface area (Å²) in [5.74, 6) is -0.718. The van der Waals surface area contributed by atoms with Crippen LogP contribution < -0.4 is 0 Å². The minimum Gasteiger partial charge on any atom is -0.444 e. The molecule has 0 amide bonds. The zero-order valence-corrected chi connectivity index (χ0v) is 10.2. The molecule has 0 radical (unpaired) electrons. The van der Waals surface area contributed by atoms with E-state index in [9.17, 15) is 13.2 Å². The van der Waals surface area contributed by atoms with Gasteiger partial charge in [-0.05, 0) is 25.1 Å². The Morgan fingerprint density at radius 3 is 2.65 bits per heavy atom. The minimum absolute atomic E-state index is 0.0385. The monoisotopic (exact) mass is 253 g/mol. The smallest absolute Gasteiger partial charge is 0.339 e. The van der Waals surface area contributed by atoms with Gasteiger partial charge in [0, 0.05) is 6.26 Å². The Morgan fingerprint density at radius 2 is 2.12 bits per heavy atom. The first-order chi connectivity index (χ1) is 7.84. The highest BCUT2D eigenvalue weighted by Crippen LogP contribution is 2.12. The van der Waals surface area contributed by atoms with Crippen LogP contribution in [0.25, 0.3) is 0 Å². The fraction of sp³-hybridized carbons (Fsp3) is 0.273. The third kappa shape index (κ3) is 3.57. The number of benzene rings is 1. The van der Waals surface area contributed by atoms with E-state index in [0.717, 1.165) is 6.26 Å². The summed E-state index contributed by atoms with van der Waals surface area (Å²) in [6, 6.07) is 7.24. The van der Waals surface area contributed by atoms with Gasteiger partial charge in [0.2, 0.25) is 0 Å². The summed E-state index contributed by atoms with van der Waals surface area (Å²) in [6.45, 7) is 1.43. The van der Waals surface area contributed by atoms with Gasteiger partial charge in [-0.25, -0.2) is 13.2 Å². The van der Waals surface area contributed by atoms with Gasteiger partial charge in [0.25, 0.3) is 0 Å². The van der Waals surface area contributed by atoms with E-state index >= 15 is 0 Å². The quantitative estimate of drug-likeness (QED) is 0.755. The Hall–Kier alpha value is -1.87. The van der Waals surface area contributed by atoms with Crippen LogP contribution in [0.15, 0.2) is 29.2 Å². The largest absolute Gasteiger partial charge is 0.444 e. The molecule has 0 saturated heterocycles. The molecule has 0 N–H and O–H groups in total. The van der Waals surface area contributed by atoms with Crippen LogP contribution in [-0.2, 0) is 14.6 Å². The fourth-order valence-electron chi connectivity index (χ4n) is 1.11. The number of rotatable bonds is 3. The lowest BCUT2D eigenvalue weighted by atomic mass is 10.2. The molecule has 1 atom stereocenters. The molecule has 6 heteroatoms.